The van der Waals surface area contributed by atoms with Gasteiger partial charge in [-0.25, -0.2) is 0 Å². The molecule has 0 bridgehead atoms. The van der Waals surface area contributed by atoms with Gasteiger partial charge in [0, 0.05) is 12.4 Å². The van der Waals surface area contributed by atoms with Crippen molar-refractivity contribution in [3.05, 3.63) is 58.1 Å². The Labute approximate surface area is 101 Å². The Morgan fingerprint density at radius 2 is 1.71 bits per heavy atom. The predicted octanol–water partition coefficient (Wildman–Crippen LogP) is 1.91. The monoisotopic (exact) mass is 244 g/mol. The van der Waals surface area contributed by atoms with E-state index in [2.05, 4.69) is 9.97 Å². The molecular weight excluding hydrogens is 240 g/mol. The summed E-state index contributed by atoms with van der Waals surface area (Å²) in [5.74, 6) is -0.668. The molecule has 0 N–H and O–H groups in total. The average Bonchev–Trinajstić information content (AvgIpc) is 2.36. The molecule has 0 amide bonds. The van der Waals surface area contributed by atoms with Crippen molar-refractivity contribution in [2.75, 3.05) is 0 Å². The molecule has 2 aromatic rings. The lowest BCUT2D eigenvalue weighted by atomic mass is 9.90. The number of rotatable bonds is 0. The van der Waals surface area contributed by atoms with Crippen LogP contribution in [-0.4, -0.2) is 21.5 Å². The summed E-state index contributed by atoms with van der Waals surface area (Å²) >= 11 is 5.94. The van der Waals surface area contributed by atoms with Gasteiger partial charge in [0.15, 0.2) is 5.78 Å². The van der Waals surface area contributed by atoms with Gasteiger partial charge in [0.1, 0.15) is 11.4 Å². The number of fused-ring (bicyclic) bond motifs is 2. The minimum absolute atomic E-state index is 0.0775. The van der Waals surface area contributed by atoms with Crippen LogP contribution in [0.2, 0.25) is 5.02 Å². The third kappa shape index (κ3) is 1.31. The number of halogens is 1. The molecule has 0 saturated carbocycles. The molecule has 4 nitrogen and oxygen atoms in total. The molecular formula is C12H5ClN2O2. The second kappa shape index (κ2) is 3.46. The number of nitrogens with zero attached hydrogens (tertiary/aromatic N) is 2. The maximum absolute atomic E-state index is 12.2. The van der Waals surface area contributed by atoms with Gasteiger partial charge in [-0.1, -0.05) is 11.6 Å². The largest absolute Gasteiger partial charge is 0.288 e. The van der Waals surface area contributed by atoms with Crippen molar-refractivity contribution in [2.45, 2.75) is 0 Å². The summed E-state index contributed by atoms with van der Waals surface area (Å²) in [6.07, 6.45) is 2.87. The third-order valence-corrected chi connectivity index (χ3v) is 2.92. The molecule has 82 valence electrons. The number of hydrogen-bond acceptors (Lipinski definition) is 4. The molecule has 5 heteroatoms. The lowest BCUT2D eigenvalue weighted by Crippen LogP contribution is -2.23. The van der Waals surface area contributed by atoms with Crippen molar-refractivity contribution in [2.24, 2.45) is 0 Å². The van der Waals surface area contributed by atoms with Crippen LogP contribution in [0.1, 0.15) is 32.1 Å². The smallest absolute Gasteiger partial charge is 0.231 e. The summed E-state index contributed by atoms with van der Waals surface area (Å²) in [6, 6.07) is 4.67. The first-order valence-electron chi connectivity index (χ1n) is 4.89. The number of aromatic nitrogens is 2. The summed E-state index contributed by atoms with van der Waals surface area (Å²) in [4.78, 5) is 32.1. The zero-order valence-corrected chi connectivity index (χ0v) is 9.23. The molecule has 1 aliphatic rings. The van der Waals surface area contributed by atoms with Crippen LogP contribution in [0.3, 0.4) is 0 Å². The highest BCUT2D eigenvalue weighted by Crippen LogP contribution is 2.28. The minimum atomic E-state index is -0.363. The molecule has 0 fully saturated rings. The van der Waals surface area contributed by atoms with Crippen molar-refractivity contribution in [3.63, 3.8) is 0 Å². The fourth-order valence-corrected chi connectivity index (χ4v) is 2.07. The zero-order chi connectivity index (χ0) is 12.0. The van der Waals surface area contributed by atoms with Crippen LogP contribution in [-0.2, 0) is 0 Å². The number of hydrogen-bond donors (Lipinski definition) is 0. The van der Waals surface area contributed by atoms with E-state index in [1.165, 1.54) is 18.5 Å². The number of carbonyl (C=O) groups is 2. The van der Waals surface area contributed by atoms with Gasteiger partial charge >= 0.3 is 0 Å². The van der Waals surface area contributed by atoms with Crippen LogP contribution in [0.5, 0.6) is 0 Å². The van der Waals surface area contributed by atoms with Crippen molar-refractivity contribution in [1.82, 2.24) is 9.97 Å². The molecule has 1 aliphatic carbocycles. The Bertz CT molecular complexity index is 667. The Morgan fingerprint density at radius 1 is 0.941 bits per heavy atom. The van der Waals surface area contributed by atoms with E-state index >= 15 is 0 Å². The van der Waals surface area contributed by atoms with Crippen LogP contribution < -0.4 is 0 Å². The van der Waals surface area contributed by atoms with Gasteiger partial charge in [0.25, 0.3) is 0 Å². The van der Waals surface area contributed by atoms with Crippen molar-refractivity contribution >= 4 is 23.2 Å². The zero-order valence-electron chi connectivity index (χ0n) is 8.48. The standard InChI is InChI=1S/C12H5ClN2O2/c13-7-3-5-15-10-8(7)11(16)6-2-1-4-14-9(6)12(10)17/h1-5H. The summed E-state index contributed by atoms with van der Waals surface area (Å²) in [5, 5.41) is 0.239. The number of carbonyl (C=O) groups excluding carboxylic acids is 2. The SMILES string of the molecule is O=C1c2ncccc2C(=O)c2c(Cl)ccnc21. The Balaban J connectivity index is 2.37. The highest BCUT2D eigenvalue weighted by Gasteiger charge is 2.33. The topological polar surface area (TPSA) is 59.9 Å². The van der Waals surface area contributed by atoms with Gasteiger partial charge in [0.2, 0.25) is 5.78 Å². The first-order valence-corrected chi connectivity index (χ1v) is 5.27. The molecule has 0 atom stereocenters. The lowest BCUT2D eigenvalue weighted by molar-refractivity contribution is 0.0971. The molecule has 0 aliphatic heterocycles. The summed E-state index contributed by atoms with van der Waals surface area (Å²) in [7, 11) is 0. The van der Waals surface area contributed by atoms with Gasteiger partial charge in [-0.2, -0.15) is 0 Å². The normalized spacial score (nSPS) is 13.2. The number of pyridine rings is 2. The molecule has 0 radical (unpaired) electrons. The second-order valence-electron chi connectivity index (χ2n) is 3.57. The second-order valence-corrected chi connectivity index (χ2v) is 3.98. The van der Waals surface area contributed by atoms with Crippen LogP contribution in [0.15, 0.2) is 30.6 Å². The molecule has 0 unspecified atom stereocenters. The van der Waals surface area contributed by atoms with E-state index in [0.717, 1.165) is 0 Å². The summed E-state index contributed by atoms with van der Waals surface area (Å²) in [6.45, 7) is 0. The van der Waals surface area contributed by atoms with Gasteiger partial charge in [-0.3, -0.25) is 19.6 Å². The van der Waals surface area contributed by atoms with Crippen molar-refractivity contribution in [1.29, 1.82) is 0 Å². The van der Waals surface area contributed by atoms with Crippen LogP contribution in [0.4, 0.5) is 0 Å². The fourth-order valence-electron chi connectivity index (χ4n) is 1.84. The maximum Gasteiger partial charge on any atom is 0.231 e. The van der Waals surface area contributed by atoms with E-state index in [1.54, 1.807) is 12.1 Å². The molecule has 0 saturated heterocycles. The Kier molecular flexibility index (Phi) is 2.06. The molecule has 0 spiro atoms. The maximum atomic E-state index is 12.2. The molecule has 17 heavy (non-hydrogen) atoms. The first kappa shape index (κ1) is 10.1. The highest BCUT2D eigenvalue weighted by atomic mass is 35.5. The van der Waals surface area contributed by atoms with E-state index in [4.69, 9.17) is 11.6 Å². The van der Waals surface area contributed by atoms with Crippen LogP contribution in [0.25, 0.3) is 0 Å². The Morgan fingerprint density at radius 3 is 2.53 bits per heavy atom. The molecule has 2 heterocycles. The minimum Gasteiger partial charge on any atom is -0.288 e. The molecule has 0 aromatic carbocycles. The van der Waals surface area contributed by atoms with E-state index in [1.807, 2.05) is 0 Å². The van der Waals surface area contributed by atoms with Crippen molar-refractivity contribution in [3.8, 4) is 0 Å². The fraction of sp³-hybridized carbons (Fsp3) is 0. The van der Waals surface area contributed by atoms with Gasteiger partial charge < -0.3 is 0 Å². The van der Waals surface area contributed by atoms with Crippen molar-refractivity contribution < 1.29 is 9.59 Å². The van der Waals surface area contributed by atoms with Crippen LogP contribution in [0, 0.1) is 0 Å². The highest BCUT2D eigenvalue weighted by molar-refractivity contribution is 6.38. The van der Waals surface area contributed by atoms with E-state index in [0.29, 0.717) is 0 Å². The van der Waals surface area contributed by atoms with E-state index < -0.39 is 0 Å². The molecule has 2 aromatic heterocycles. The summed E-state index contributed by atoms with van der Waals surface area (Å²) in [5.41, 5.74) is 0.660. The lowest BCUT2D eigenvalue weighted by Gasteiger charge is -2.15. The van der Waals surface area contributed by atoms with Gasteiger partial charge in [-0.05, 0) is 18.2 Å². The van der Waals surface area contributed by atoms with Gasteiger partial charge in [0.05, 0.1) is 16.1 Å². The quantitative estimate of drug-likeness (QED) is 0.606. The van der Waals surface area contributed by atoms with Gasteiger partial charge in [-0.15, -0.1) is 0 Å². The number of ketones is 2. The summed E-state index contributed by atoms with van der Waals surface area (Å²) < 4.78 is 0. The average molecular weight is 245 g/mol. The molecule has 3 rings (SSSR count). The Hall–Kier alpha value is -2.07. The van der Waals surface area contributed by atoms with E-state index in [-0.39, 0.29) is 39.1 Å². The first-order chi connectivity index (χ1) is 8.20. The predicted molar refractivity (Wildman–Crippen MR) is 60.3 cm³/mol. The van der Waals surface area contributed by atoms with Crippen LogP contribution >= 0.6 is 11.6 Å². The third-order valence-electron chi connectivity index (χ3n) is 2.61. The van der Waals surface area contributed by atoms with E-state index in [9.17, 15) is 9.59 Å².